The molecule has 13 nitrogen and oxygen atoms in total. The molecular weight excluding hydrogens is 838 g/mol. The van der Waals surface area contributed by atoms with Gasteiger partial charge in [-0.2, -0.15) is 5.26 Å². The van der Waals surface area contributed by atoms with Crippen molar-refractivity contribution >= 4 is 51.2 Å². The number of piperidine rings is 1. The van der Waals surface area contributed by atoms with Crippen molar-refractivity contribution in [3.8, 4) is 23.7 Å². The first-order chi connectivity index (χ1) is 29.1. The van der Waals surface area contributed by atoms with Crippen LogP contribution in [0.5, 0.6) is 5.75 Å². The first-order valence-corrected chi connectivity index (χ1v) is 22.0. The molecule has 4 fully saturated rings. The zero-order chi connectivity index (χ0) is 43.0. The van der Waals surface area contributed by atoms with Crippen LogP contribution >= 0.6 is 15.9 Å². The molecule has 9 rings (SSSR count). The molecule has 2 saturated heterocycles. The number of anilines is 1. The van der Waals surface area contributed by atoms with Gasteiger partial charge in [-0.3, -0.25) is 39.1 Å². The molecule has 6 aliphatic rings. The SMILES string of the molecule is CC1(C)[C@H](Oc2ccc(C#N)c(Br)c2)C(C)(C)[C@H]1N1Cc2nc(C#C[C@H]3CC[C@H](N4CCN(c5ccc6c(c5)C(=O)N(C5CCC(=O)NC5=O)C6=O)CC4)CC3)ccc2C1=O. The summed E-state index contributed by atoms with van der Waals surface area (Å²) >= 11 is 3.47. The number of aromatic nitrogens is 1. The van der Waals surface area contributed by atoms with Gasteiger partial charge in [-0.15, -0.1) is 0 Å². The summed E-state index contributed by atoms with van der Waals surface area (Å²) in [5.41, 5.74) is 3.43. The molecule has 1 atom stereocenters. The Morgan fingerprint density at radius 2 is 1.52 bits per heavy atom. The molecule has 314 valence electrons. The number of nitrogens with zero attached hydrogens (tertiary/aromatic N) is 6. The average Bonchev–Trinajstić information content (AvgIpc) is 3.68. The van der Waals surface area contributed by atoms with Crippen LogP contribution in [0.3, 0.4) is 0 Å². The van der Waals surface area contributed by atoms with Gasteiger partial charge in [0.25, 0.3) is 17.7 Å². The lowest BCUT2D eigenvalue weighted by atomic mass is 9.49. The second-order valence-corrected chi connectivity index (χ2v) is 19.2. The summed E-state index contributed by atoms with van der Waals surface area (Å²) in [5.74, 6) is 5.81. The number of ether oxygens (including phenoxy) is 1. The van der Waals surface area contributed by atoms with Gasteiger partial charge in [0.15, 0.2) is 0 Å². The van der Waals surface area contributed by atoms with Gasteiger partial charge in [-0.05, 0) is 102 Å². The summed E-state index contributed by atoms with van der Waals surface area (Å²) in [6.07, 6.45) is 4.20. The van der Waals surface area contributed by atoms with Crippen LogP contribution in [0.25, 0.3) is 0 Å². The van der Waals surface area contributed by atoms with E-state index in [4.69, 9.17) is 9.72 Å². The van der Waals surface area contributed by atoms with Crippen molar-refractivity contribution < 1.29 is 28.7 Å². The number of rotatable bonds is 6. The van der Waals surface area contributed by atoms with E-state index in [1.807, 2.05) is 35.2 Å². The molecule has 2 saturated carbocycles. The van der Waals surface area contributed by atoms with Crippen LogP contribution in [0.15, 0.2) is 53.0 Å². The van der Waals surface area contributed by atoms with Crippen molar-refractivity contribution in [1.29, 1.82) is 5.26 Å². The number of nitriles is 1. The number of hydrogen-bond donors (Lipinski definition) is 1. The second kappa shape index (κ2) is 15.4. The van der Waals surface area contributed by atoms with Crippen molar-refractivity contribution in [2.75, 3.05) is 31.1 Å². The summed E-state index contributed by atoms with van der Waals surface area (Å²) < 4.78 is 7.21. The highest BCUT2D eigenvalue weighted by molar-refractivity contribution is 9.10. The van der Waals surface area contributed by atoms with Crippen molar-refractivity contribution in [2.45, 2.75) is 97.0 Å². The molecule has 5 amide bonds. The van der Waals surface area contributed by atoms with Gasteiger partial charge in [-0.25, -0.2) is 4.98 Å². The number of piperazine rings is 1. The number of amides is 5. The predicted octanol–water partition coefficient (Wildman–Crippen LogP) is 5.69. The van der Waals surface area contributed by atoms with E-state index in [-0.39, 0.29) is 47.6 Å². The molecule has 1 N–H and O–H groups in total. The van der Waals surface area contributed by atoms with Gasteiger partial charge in [0.2, 0.25) is 11.8 Å². The van der Waals surface area contributed by atoms with Gasteiger partial charge < -0.3 is 14.5 Å². The van der Waals surface area contributed by atoms with E-state index in [2.05, 4.69) is 76.7 Å². The molecule has 2 aliphatic carbocycles. The van der Waals surface area contributed by atoms with Crippen LogP contribution in [-0.4, -0.2) is 99.6 Å². The maximum Gasteiger partial charge on any atom is 0.262 e. The zero-order valence-electron chi connectivity index (χ0n) is 34.8. The topological polar surface area (TPSA) is 156 Å². The Balaban J connectivity index is 0.770. The smallest absolute Gasteiger partial charge is 0.262 e. The number of halogens is 1. The standard InChI is InChI=1S/C47H48BrN7O6/c1-46(2)44(47(3,4)45(46)61-32-14-8-28(25-49)36(48)24-32)54-26-37-34(41(54)58)15-10-29(50-37)9-5-27-6-11-30(12-7-27)52-19-21-53(22-20-52)31-13-16-33-35(23-31)43(60)55(42(33)59)38-17-18-39(56)51-40(38)57/h8,10,13-16,23-24,27,30,38,44-45H,6-7,11-12,17-22,26H2,1-4H3,(H,51,56,57)/t27-,30-,38?,44-,45-. The third kappa shape index (κ3) is 7.07. The van der Waals surface area contributed by atoms with Gasteiger partial charge in [0.05, 0.1) is 34.5 Å². The third-order valence-electron chi connectivity index (χ3n) is 13.9. The number of fused-ring (bicyclic) bond motifs is 2. The molecule has 0 radical (unpaired) electrons. The summed E-state index contributed by atoms with van der Waals surface area (Å²) in [5, 5.41) is 11.6. The highest BCUT2D eigenvalue weighted by Crippen LogP contribution is 2.59. The van der Waals surface area contributed by atoms with Gasteiger partial charge >= 0.3 is 0 Å². The van der Waals surface area contributed by atoms with E-state index in [1.165, 1.54) is 0 Å². The molecule has 2 aromatic carbocycles. The van der Waals surface area contributed by atoms with E-state index < -0.39 is 29.7 Å². The zero-order valence-corrected chi connectivity index (χ0v) is 36.4. The first-order valence-electron chi connectivity index (χ1n) is 21.2. The lowest BCUT2D eigenvalue weighted by Gasteiger charge is -2.65. The van der Waals surface area contributed by atoms with E-state index in [9.17, 15) is 29.2 Å². The molecule has 1 unspecified atom stereocenters. The minimum absolute atomic E-state index is 0.0101. The van der Waals surface area contributed by atoms with Crippen molar-refractivity contribution in [1.82, 2.24) is 25.0 Å². The minimum atomic E-state index is -0.978. The second-order valence-electron chi connectivity index (χ2n) is 18.4. The van der Waals surface area contributed by atoms with Crippen molar-refractivity contribution in [3.63, 3.8) is 0 Å². The Labute approximate surface area is 363 Å². The molecule has 4 aliphatic heterocycles. The van der Waals surface area contributed by atoms with Crippen LogP contribution < -0.4 is 15.0 Å². The predicted molar refractivity (Wildman–Crippen MR) is 228 cm³/mol. The Morgan fingerprint density at radius 3 is 2.21 bits per heavy atom. The summed E-state index contributed by atoms with van der Waals surface area (Å²) in [4.78, 5) is 77.1. The maximum atomic E-state index is 13.8. The summed E-state index contributed by atoms with van der Waals surface area (Å²) in [7, 11) is 0. The van der Waals surface area contributed by atoms with Crippen LogP contribution in [-0.2, 0) is 16.1 Å². The van der Waals surface area contributed by atoms with Gasteiger partial charge in [0.1, 0.15) is 29.7 Å². The molecule has 1 aromatic heterocycles. The number of benzene rings is 2. The van der Waals surface area contributed by atoms with Crippen LogP contribution in [0.1, 0.15) is 114 Å². The van der Waals surface area contributed by atoms with Crippen molar-refractivity contribution in [2.24, 2.45) is 16.7 Å². The number of carbonyl (C=O) groups is 5. The fourth-order valence-corrected chi connectivity index (χ4v) is 11.7. The number of hydrogen-bond acceptors (Lipinski definition) is 10. The van der Waals surface area contributed by atoms with Crippen LogP contribution in [0.2, 0.25) is 0 Å². The maximum absolute atomic E-state index is 13.8. The van der Waals surface area contributed by atoms with E-state index in [1.54, 1.807) is 18.2 Å². The average molecular weight is 887 g/mol. The lowest BCUT2D eigenvalue weighted by Crippen LogP contribution is -2.74. The molecule has 61 heavy (non-hydrogen) atoms. The van der Waals surface area contributed by atoms with E-state index in [0.717, 1.165) is 68.1 Å². The highest BCUT2D eigenvalue weighted by atomic mass is 79.9. The summed E-state index contributed by atoms with van der Waals surface area (Å²) in [6.45, 7) is 12.4. The third-order valence-corrected chi connectivity index (χ3v) is 14.5. The number of pyridine rings is 1. The molecule has 0 bridgehead atoms. The van der Waals surface area contributed by atoms with Crippen molar-refractivity contribution in [3.05, 3.63) is 86.6 Å². The molecule has 5 heterocycles. The van der Waals surface area contributed by atoms with E-state index in [0.29, 0.717) is 50.8 Å². The Bertz CT molecular complexity index is 2470. The fraction of sp³-hybridized carbons (Fsp3) is 0.468. The summed E-state index contributed by atoms with van der Waals surface area (Å²) in [6, 6.07) is 16.1. The largest absolute Gasteiger partial charge is 0.489 e. The minimum Gasteiger partial charge on any atom is -0.489 e. The molecular formula is C47H48BrN7O6. The Morgan fingerprint density at radius 1 is 0.820 bits per heavy atom. The molecule has 0 spiro atoms. The number of imide groups is 2. The van der Waals surface area contributed by atoms with Gasteiger partial charge in [0, 0.05) is 71.6 Å². The van der Waals surface area contributed by atoms with Crippen LogP contribution in [0, 0.1) is 39.9 Å². The highest BCUT2D eigenvalue weighted by Gasteiger charge is 2.67. The Kier molecular flexibility index (Phi) is 10.3. The first kappa shape index (κ1) is 40.8. The fourth-order valence-electron chi connectivity index (χ4n) is 11.3. The van der Waals surface area contributed by atoms with E-state index >= 15 is 0 Å². The normalized spacial score (nSPS) is 26.8. The lowest BCUT2D eigenvalue weighted by molar-refractivity contribution is -0.199. The van der Waals surface area contributed by atoms with Gasteiger partial charge in [-0.1, -0.05) is 33.6 Å². The quantitative estimate of drug-likeness (QED) is 0.241. The molecule has 14 heteroatoms. The monoisotopic (exact) mass is 885 g/mol. The number of carbonyl (C=O) groups excluding carboxylic acids is 5. The molecule has 3 aromatic rings. The number of nitrogens with one attached hydrogen (secondary N) is 1. The Hall–Kier alpha value is -5.57. The van der Waals surface area contributed by atoms with Crippen LogP contribution in [0.4, 0.5) is 5.69 Å².